The molecular weight excluding hydrogens is 355 g/mol. The first kappa shape index (κ1) is 28.4. The van der Waals surface area contributed by atoms with Gasteiger partial charge in [-0.05, 0) is 0 Å². The summed E-state index contributed by atoms with van der Waals surface area (Å²) in [6, 6.07) is 0. The average Bonchev–Trinajstić information content (AvgIpc) is 2.70. The summed E-state index contributed by atoms with van der Waals surface area (Å²) in [6.45, 7) is 9.46. The molecule has 0 aliphatic rings. The van der Waals surface area contributed by atoms with Gasteiger partial charge in [0.05, 0.1) is 0 Å². The summed E-state index contributed by atoms with van der Waals surface area (Å²) in [5, 5.41) is 0. The Morgan fingerprint density at radius 1 is 0.286 bits per heavy atom. The van der Waals surface area contributed by atoms with Gasteiger partial charge >= 0.3 is 182 Å². The molecule has 0 N–H and O–H groups in total. The van der Waals surface area contributed by atoms with Crippen molar-refractivity contribution in [1.82, 2.24) is 0 Å². The first-order valence-corrected chi connectivity index (χ1v) is 16.6. The molecule has 1 heteroatoms. The molecule has 0 spiro atoms. The summed E-state index contributed by atoms with van der Waals surface area (Å²) in [7, 11) is -1.00. The van der Waals surface area contributed by atoms with Crippen LogP contribution in [0.5, 0.6) is 0 Å². The van der Waals surface area contributed by atoms with Gasteiger partial charge in [0.2, 0.25) is 0 Å². The Morgan fingerprint density at radius 2 is 0.571 bits per heavy atom. The Morgan fingerprint density at radius 3 is 0.857 bits per heavy atom. The molecule has 0 aliphatic heterocycles. The molecule has 0 saturated heterocycles. The molecule has 0 radical (unpaired) electrons. The maximum absolute atomic E-state index is 2.46. The van der Waals surface area contributed by atoms with E-state index >= 15 is 0 Å². The fourth-order valence-electron chi connectivity index (χ4n) is 5.12. The zero-order valence-electron chi connectivity index (χ0n) is 20.8. The summed E-state index contributed by atoms with van der Waals surface area (Å²) >= 11 is 0. The van der Waals surface area contributed by atoms with Crippen LogP contribution in [0.4, 0.5) is 0 Å². The van der Waals surface area contributed by atoms with Crippen LogP contribution in [0.3, 0.4) is 0 Å². The molecule has 0 nitrogen and oxygen atoms in total. The maximum atomic E-state index is 2.46. The van der Waals surface area contributed by atoms with Gasteiger partial charge < -0.3 is 0 Å². The van der Waals surface area contributed by atoms with Gasteiger partial charge in [-0.25, -0.2) is 0 Å². The van der Waals surface area contributed by atoms with Crippen LogP contribution in [-0.4, -0.2) is 24.6 Å². The van der Waals surface area contributed by atoms with Gasteiger partial charge in [0.1, 0.15) is 0 Å². The van der Waals surface area contributed by atoms with E-state index in [2.05, 4.69) is 27.7 Å². The number of hydrogen-bond donors (Lipinski definition) is 0. The van der Waals surface area contributed by atoms with Crippen LogP contribution in [-0.2, 0) is 0 Å². The second-order valence-electron chi connectivity index (χ2n) is 9.80. The molecule has 0 aliphatic carbocycles. The van der Waals surface area contributed by atoms with Crippen LogP contribution in [0, 0.1) is 0 Å². The number of unbranched alkanes of at least 4 members (excludes halogenated alkanes) is 15. The van der Waals surface area contributed by atoms with Gasteiger partial charge in [-0.3, -0.25) is 0 Å². The molecular formula is C27H59P. The first-order valence-electron chi connectivity index (χ1n) is 13.7. The average molecular weight is 415 g/mol. The Labute approximate surface area is 181 Å². The van der Waals surface area contributed by atoms with E-state index in [-0.39, 0.29) is 0 Å². The van der Waals surface area contributed by atoms with E-state index in [1.54, 1.807) is 43.9 Å². The Kier molecular flexibility index (Phi) is 22.5. The zero-order valence-corrected chi connectivity index (χ0v) is 21.8. The molecule has 0 heterocycles. The summed E-state index contributed by atoms with van der Waals surface area (Å²) in [4.78, 5) is 0. The van der Waals surface area contributed by atoms with Gasteiger partial charge in [-0.1, -0.05) is 0 Å². The van der Waals surface area contributed by atoms with Crippen LogP contribution in [0.25, 0.3) is 0 Å². The fourth-order valence-corrected chi connectivity index (χ4v) is 10.7. The topological polar surface area (TPSA) is 0 Å². The second kappa shape index (κ2) is 22.1. The summed E-state index contributed by atoms with van der Waals surface area (Å²) in [5.41, 5.74) is 0. The summed E-state index contributed by atoms with van der Waals surface area (Å²) in [6.07, 6.45) is 34.7. The molecule has 28 heavy (non-hydrogen) atoms. The van der Waals surface area contributed by atoms with Crippen LogP contribution in [0.15, 0.2) is 0 Å². The van der Waals surface area contributed by atoms with Gasteiger partial charge in [-0.15, -0.1) is 0 Å². The van der Waals surface area contributed by atoms with Crippen molar-refractivity contribution in [3.05, 3.63) is 0 Å². The summed E-state index contributed by atoms with van der Waals surface area (Å²) < 4.78 is 0. The molecule has 0 saturated carbocycles. The zero-order chi connectivity index (χ0) is 20.8. The quantitative estimate of drug-likeness (QED) is 0.115. The van der Waals surface area contributed by atoms with Crippen molar-refractivity contribution in [3.63, 3.8) is 0 Å². The Hall–Kier alpha value is 0.430. The molecule has 0 amide bonds. The molecule has 0 unspecified atom stereocenters. The van der Waals surface area contributed by atoms with E-state index in [1.165, 1.54) is 103 Å². The third-order valence-electron chi connectivity index (χ3n) is 6.96. The first-order chi connectivity index (χ1) is 13.7. The van der Waals surface area contributed by atoms with Crippen LogP contribution in [0.1, 0.15) is 150 Å². The second-order valence-corrected chi connectivity index (χ2v) is 14.8. The monoisotopic (exact) mass is 414 g/mol. The van der Waals surface area contributed by atoms with Crippen molar-refractivity contribution in [2.75, 3.05) is 24.6 Å². The van der Waals surface area contributed by atoms with Crippen molar-refractivity contribution in [2.24, 2.45) is 0 Å². The van der Waals surface area contributed by atoms with E-state index in [1.807, 2.05) is 0 Å². The van der Waals surface area contributed by atoms with Crippen LogP contribution >= 0.6 is 7.26 Å². The molecule has 0 atom stereocenters. The molecule has 172 valence electrons. The molecule has 0 bridgehead atoms. The van der Waals surface area contributed by atoms with Crippen molar-refractivity contribution in [2.45, 2.75) is 150 Å². The van der Waals surface area contributed by atoms with Crippen molar-refractivity contribution in [3.8, 4) is 0 Å². The van der Waals surface area contributed by atoms with Gasteiger partial charge in [0, 0.05) is 0 Å². The number of rotatable bonds is 23. The standard InChI is InChI=1S/C27H59P/c1-5-9-12-15-18-21-25-28(24-8-4,26-22-19-16-13-10-6-2)27-23-20-17-14-11-7-3/h28H,5-27H2,1-4H3. The Balaban J connectivity index is 4.39. The molecule has 0 fully saturated rings. The van der Waals surface area contributed by atoms with Crippen LogP contribution < -0.4 is 0 Å². The SMILES string of the molecule is CCCCCCCC[PH](CCC)(CCCCCCCC)CCCCCCCC. The van der Waals surface area contributed by atoms with Crippen molar-refractivity contribution < 1.29 is 0 Å². The van der Waals surface area contributed by atoms with Crippen molar-refractivity contribution >= 4 is 7.26 Å². The van der Waals surface area contributed by atoms with Gasteiger partial charge in [0.25, 0.3) is 0 Å². The Bertz CT molecular complexity index is 245. The number of hydrogen-bond acceptors (Lipinski definition) is 0. The van der Waals surface area contributed by atoms with Crippen molar-refractivity contribution in [1.29, 1.82) is 0 Å². The van der Waals surface area contributed by atoms with E-state index < -0.39 is 7.26 Å². The van der Waals surface area contributed by atoms with E-state index in [0.29, 0.717) is 0 Å². The fraction of sp³-hybridized carbons (Fsp3) is 1.00. The van der Waals surface area contributed by atoms with E-state index in [0.717, 1.165) is 0 Å². The van der Waals surface area contributed by atoms with E-state index in [9.17, 15) is 0 Å². The molecule has 0 aromatic rings. The minimum atomic E-state index is -1.00. The van der Waals surface area contributed by atoms with Gasteiger partial charge in [0.15, 0.2) is 0 Å². The molecule has 0 aromatic heterocycles. The van der Waals surface area contributed by atoms with Crippen LogP contribution in [0.2, 0.25) is 0 Å². The predicted molar refractivity (Wildman–Crippen MR) is 138 cm³/mol. The summed E-state index contributed by atoms with van der Waals surface area (Å²) in [5.74, 6) is 0. The van der Waals surface area contributed by atoms with E-state index in [4.69, 9.17) is 0 Å². The predicted octanol–water partition coefficient (Wildman–Crippen LogP) is 10.2. The minimum absolute atomic E-state index is 1.00. The normalized spacial score (nSPS) is 12.6. The third kappa shape index (κ3) is 17.3. The molecule has 0 rings (SSSR count). The molecule has 0 aromatic carbocycles. The van der Waals surface area contributed by atoms with Gasteiger partial charge in [-0.2, -0.15) is 0 Å². The third-order valence-corrected chi connectivity index (χ3v) is 12.8.